The van der Waals surface area contributed by atoms with Crippen LogP contribution in [0.4, 0.5) is 0 Å². The van der Waals surface area contributed by atoms with Crippen LogP contribution in [0.2, 0.25) is 0 Å². The number of rotatable bonds is 1. The molecule has 0 bridgehead atoms. The third kappa shape index (κ3) is 3.11. The molecule has 0 atom stereocenters. The Bertz CT molecular complexity index is 619. The van der Waals surface area contributed by atoms with E-state index in [1.807, 2.05) is 25.1 Å². The number of nitrogens with zero attached hydrogens (tertiary/aromatic N) is 1. The summed E-state index contributed by atoms with van der Waals surface area (Å²) in [4.78, 5) is 14.9. The van der Waals surface area contributed by atoms with Crippen molar-refractivity contribution in [3.05, 3.63) is 29.7 Å². The summed E-state index contributed by atoms with van der Waals surface area (Å²) in [5, 5.41) is 0.0839. The lowest BCUT2D eigenvalue weighted by Crippen LogP contribution is -1.82. The van der Waals surface area contributed by atoms with Gasteiger partial charge in [0, 0.05) is 19.4 Å². The summed E-state index contributed by atoms with van der Waals surface area (Å²) in [5.74, 6) is 7.09. The molecule has 4 heteroatoms. The van der Waals surface area contributed by atoms with E-state index in [2.05, 4.69) is 16.8 Å². The van der Waals surface area contributed by atoms with Gasteiger partial charge in [-0.05, 0) is 18.2 Å². The molecule has 0 fully saturated rings. The Morgan fingerprint density at radius 2 is 2.35 bits per heavy atom. The molecule has 3 nitrogen and oxygen atoms in total. The molecule has 0 aliphatic carbocycles. The van der Waals surface area contributed by atoms with Crippen LogP contribution in [0.1, 0.15) is 18.4 Å². The van der Waals surface area contributed by atoms with Gasteiger partial charge in [-0.15, -0.1) is 0 Å². The van der Waals surface area contributed by atoms with E-state index in [0.717, 1.165) is 16.7 Å². The van der Waals surface area contributed by atoms with E-state index in [4.69, 9.17) is 4.42 Å². The topological polar surface area (TPSA) is 43.1 Å². The van der Waals surface area contributed by atoms with Gasteiger partial charge in [-0.2, -0.15) is 0 Å². The predicted molar refractivity (Wildman–Crippen MR) is 68.8 cm³/mol. The first-order chi connectivity index (χ1) is 8.15. The van der Waals surface area contributed by atoms with Crippen LogP contribution in [-0.2, 0) is 4.79 Å². The van der Waals surface area contributed by atoms with Crippen LogP contribution < -0.4 is 0 Å². The van der Waals surface area contributed by atoms with Crippen LogP contribution in [0.5, 0.6) is 0 Å². The number of carbonyl (C=O) groups is 1. The number of aryl methyl sites for hydroxylation is 1. The molecule has 86 valence electrons. The van der Waals surface area contributed by atoms with Gasteiger partial charge in [0.15, 0.2) is 16.6 Å². The number of carbonyl (C=O) groups excluding carboxylic acids is 1. The molecule has 0 spiro atoms. The largest absolute Gasteiger partial charge is 0.441 e. The molecular formula is C13H11NO2S. The van der Waals surface area contributed by atoms with E-state index in [1.54, 1.807) is 0 Å². The highest BCUT2D eigenvalue weighted by molar-refractivity contribution is 8.13. The third-order valence-corrected chi connectivity index (χ3v) is 2.77. The van der Waals surface area contributed by atoms with E-state index in [-0.39, 0.29) is 5.12 Å². The van der Waals surface area contributed by atoms with E-state index in [1.165, 1.54) is 18.7 Å². The number of hydrogen-bond donors (Lipinski definition) is 0. The second kappa shape index (κ2) is 5.07. The van der Waals surface area contributed by atoms with Crippen molar-refractivity contribution in [2.24, 2.45) is 0 Å². The standard InChI is InChI=1S/C13H11NO2S/c1-9-14-12-6-5-11(8-13(12)16-9)4-3-7-17-10(2)15/h5-6,8H,7H2,1-2H3. The molecule has 1 aromatic carbocycles. The fraction of sp³-hybridized carbons (Fsp3) is 0.231. The van der Waals surface area contributed by atoms with E-state index in [0.29, 0.717) is 11.6 Å². The molecule has 1 heterocycles. The minimum Gasteiger partial charge on any atom is -0.441 e. The van der Waals surface area contributed by atoms with Crippen LogP contribution in [0.15, 0.2) is 22.6 Å². The van der Waals surface area contributed by atoms with Crippen LogP contribution in [0.3, 0.4) is 0 Å². The molecule has 0 amide bonds. The van der Waals surface area contributed by atoms with E-state index < -0.39 is 0 Å². The van der Waals surface area contributed by atoms with Gasteiger partial charge in [-0.1, -0.05) is 23.6 Å². The van der Waals surface area contributed by atoms with Crippen molar-refractivity contribution in [1.82, 2.24) is 4.98 Å². The Morgan fingerprint density at radius 1 is 1.53 bits per heavy atom. The SMILES string of the molecule is CC(=O)SCC#Cc1ccc2nc(C)oc2c1. The Balaban J connectivity index is 2.16. The van der Waals surface area contributed by atoms with Crippen molar-refractivity contribution < 1.29 is 9.21 Å². The van der Waals surface area contributed by atoms with Gasteiger partial charge in [0.25, 0.3) is 0 Å². The Labute approximate surface area is 104 Å². The quantitative estimate of drug-likeness (QED) is 0.724. The molecule has 2 aromatic rings. The van der Waals surface area contributed by atoms with Gasteiger partial charge in [0.05, 0.1) is 5.75 Å². The summed E-state index contributed by atoms with van der Waals surface area (Å²) in [5.41, 5.74) is 2.46. The third-order valence-electron chi connectivity index (χ3n) is 2.08. The molecule has 17 heavy (non-hydrogen) atoms. The molecule has 0 N–H and O–H groups in total. The molecule has 0 radical (unpaired) electrons. The average Bonchev–Trinajstić information content (AvgIpc) is 2.63. The second-order valence-corrected chi connectivity index (χ2v) is 4.65. The number of oxazole rings is 1. The zero-order valence-electron chi connectivity index (χ0n) is 9.61. The van der Waals surface area contributed by atoms with Crippen molar-refractivity contribution in [2.75, 3.05) is 5.75 Å². The van der Waals surface area contributed by atoms with Crippen molar-refractivity contribution in [3.63, 3.8) is 0 Å². The van der Waals surface area contributed by atoms with E-state index >= 15 is 0 Å². The van der Waals surface area contributed by atoms with E-state index in [9.17, 15) is 4.79 Å². The molecular weight excluding hydrogens is 234 g/mol. The molecule has 2 rings (SSSR count). The number of aromatic nitrogens is 1. The maximum atomic E-state index is 10.7. The van der Waals surface area contributed by atoms with Gasteiger partial charge >= 0.3 is 0 Å². The zero-order valence-corrected chi connectivity index (χ0v) is 10.4. The molecule has 0 saturated heterocycles. The first-order valence-electron chi connectivity index (χ1n) is 5.14. The number of thioether (sulfide) groups is 1. The Hall–Kier alpha value is -1.73. The van der Waals surface area contributed by atoms with Gasteiger partial charge in [-0.25, -0.2) is 4.98 Å². The molecule has 1 aromatic heterocycles. The minimum atomic E-state index is 0.0839. The Morgan fingerprint density at radius 3 is 3.12 bits per heavy atom. The van der Waals surface area contributed by atoms with Gasteiger partial charge in [0.1, 0.15) is 5.52 Å². The summed E-state index contributed by atoms with van der Waals surface area (Å²) in [6.07, 6.45) is 0. The molecule has 0 saturated carbocycles. The fourth-order valence-electron chi connectivity index (χ4n) is 1.39. The maximum absolute atomic E-state index is 10.7. The number of hydrogen-bond acceptors (Lipinski definition) is 4. The summed E-state index contributed by atoms with van der Waals surface area (Å²) < 4.78 is 5.41. The highest BCUT2D eigenvalue weighted by Gasteiger charge is 2.01. The highest BCUT2D eigenvalue weighted by Crippen LogP contribution is 2.16. The maximum Gasteiger partial charge on any atom is 0.192 e. The lowest BCUT2D eigenvalue weighted by Gasteiger charge is -1.89. The summed E-state index contributed by atoms with van der Waals surface area (Å²) >= 11 is 1.21. The monoisotopic (exact) mass is 245 g/mol. The molecule has 0 unspecified atom stereocenters. The number of fused-ring (bicyclic) bond motifs is 1. The Kier molecular flexibility index (Phi) is 3.50. The van der Waals surface area contributed by atoms with Crippen LogP contribution >= 0.6 is 11.8 Å². The summed E-state index contributed by atoms with van der Waals surface area (Å²) in [6.45, 7) is 3.35. The summed E-state index contributed by atoms with van der Waals surface area (Å²) in [7, 11) is 0. The van der Waals surface area contributed by atoms with Gasteiger partial charge in [0.2, 0.25) is 0 Å². The highest BCUT2D eigenvalue weighted by atomic mass is 32.2. The van der Waals surface area contributed by atoms with Crippen molar-refractivity contribution >= 4 is 28.0 Å². The smallest absolute Gasteiger partial charge is 0.192 e. The first-order valence-corrected chi connectivity index (χ1v) is 6.13. The van der Waals surface area contributed by atoms with Crippen molar-refractivity contribution in [2.45, 2.75) is 13.8 Å². The van der Waals surface area contributed by atoms with Gasteiger partial charge in [-0.3, -0.25) is 4.79 Å². The lowest BCUT2D eigenvalue weighted by molar-refractivity contribution is -0.109. The predicted octanol–water partition coefficient (Wildman–Crippen LogP) is 2.77. The molecule has 0 aliphatic heterocycles. The fourth-order valence-corrected chi connectivity index (χ4v) is 1.74. The van der Waals surface area contributed by atoms with Crippen LogP contribution in [-0.4, -0.2) is 15.9 Å². The second-order valence-electron chi connectivity index (χ2n) is 3.50. The minimum absolute atomic E-state index is 0.0839. The normalized spacial score (nSPS) is 10.0. The van der Waals surface area contributed by atoms with Crippen LogP contribution in [0.25, 0.3) is 11.1 Å². The number of benzene rings is 1. The average molecular weight is 245 g/mol. The zero-order chi connectivity index (χ0) is 12.3. The first kappa shape index (κ1) is 11.7. The van der Waals surface area contributed by atoms with Gasteiger partial charge < -0.3 is 4.42 Å². The van der Waals surface area contributed by atoms with Crippen LogP contribution in [0, 0.1) is 18.8 Å². The van der Waals surface area contributed by atoms with Crippen molar-refractivity contribution in [3.8, 4) is 11.8 Å². The van der Waals surface area contributed by atoms with Crippen molar-refractivity contribution in [1.29, 1.82) is 0 Å². The lowest BCUT2D eigenvalue weighted by atomic mass is 10.2. The summed E-state index contributed by atoms with van der Waals surface area (Å²) in [6, 6.07) is 5.64. The molecule has 0 aliphatic rings.